The number of nitrogens with two attached hydrogens (primary N) is 1. The maximum absolute atomic E-state index is 12.9. The van der Waals surface area contributed by atoms with Crippen LogP contribution in [0.1, 0.15) is 11.1 Å². The molecule has 1 atom stereocenters. The molecule has 0 aliphatic rings. The highest BCUT2D eigenvalue weighted by atomic mass is 32.2. The molecule has 150 valence electrons. The largest absolute Gasteiger partial charge is 0.480 e. The average Bonchev–Trinajstić information content (AvgIpc) is 2.71. The molecule has 0 aliphatic carbocycles. The van der Waals surface area contributed by atoms with Crippen LogP contribution in [0.3, 0.4) is 0 Å². The summed E-state index contributed by atoms with van der Waals surface area (Å²) < 4.78 is 28.3. The third-order valence-electron chi connectivity index (χ3n) is 4.61. The highest BCUT2D eigenvalue weighted by Crippen LogP contribution is 2.25. The van der Waals surface area contributed by atoms with Crippen LogP contribution in [-0.2, 0) is 21.2 Å². The van der Waals surface area contributed by atoms with E-state index < -0.39 is 22.0 Å². The van der Waals surface area contributed by atoms with Crippen molar-refractivity contribution < 1.29 is 18.3 Å². The van der Waals surface area contributed by atoms with E-state index in [1.165, 1.54) is 6.07 Å². The van der Waals surface area contributed by atoms with E-state index in [0.717, 1.165) is 16.7 Å². The number of aliphatic carboxylic acids is 1. The molecule has 0 saturated carbocycles. The van der Waals surface area contributed by atoms with Gasteiger partial charge >= 0.3 is 5.97 Å². The zero-order valence-corrected chi connectivity index (χ0v) is 16.7. The Morgan fingerprint density at radius 1 is 1.00 bits per heavy atom. The molecule has 29 heavy (non-hydrogen) atoms. The van der Waals surface area contributed by atoms with Crippen LogP contribution in [0, 0.1) is 6.92 Å². The van der Waals surface area contributed by atoms with Gasteiger partial charge in [0.15, 0.2) is 0 Å². The Morgan fingerprint density at radius 2 is 1.69 bits per heavy atom. The highest BCUT2D eigenvalue weighted by molar-refractivity contribution is 7.92. The normalized spacial score (nSPS) is 12.3. The molecule has 0 radical (unpaired) electrons. The summed E-state index contributed by atoms with van der Waals surface area (Å²) in [5, 5.41) is 9.02. The first kappa shape index (κ1) is 20.6. The maximum atomic E-state index is 12.9. The number of anilines is 1. The first-order valence-electron chi connectivity index (χ1n) is 9.02. The van der Waals surface area contributed by atoms with E-state index in [2.05, 4.69) is 4.72 Å². The van der Waals surface area contributed by atoms with Crippen molar-refractivity contribution in [3.05, 3.63) is 83.9 Å². The number of rotatable bonds is 7. The van der Waals surface area contributed by atoms with Gasteiger partial charge in [-0.1, -0.05) is 48.5 Å². The van der Waals surface area contributed by atoms with E-state index >= 15 is 0 Å². The lowest BCUT2D eigenvalue weighted by Gasteiger charge is -2.14. The average molecular weight is 410 g/mol. The number of carboxylic acid groups (broad SMARTS) is 1. The fourth-order valence-electron chi connectivity index (χ4n) is 2.97. The van der Waals surface area contributed by atoms with Gasteiger partial charge in [0.05, 0.1) is 4.90 Å². The molecule has 0 aliphatic heterocycles. The quantitative estimate of drug-likeness (QED) is 0.553. The van der Waals surface area contributed by atoms with E-state index in [1.807, 2.05) is 43.3 Å². The molecular weight excluding hydrogens is 388 g/mol. The Kier molecular flexibility index (Phi) is 6.00. The second kappa shape index (κ2) is 8.46. The predicted octanol–water partition coefficient (Wildman–Crippen LogP) is 3.42. The Bertz CT molecular complexity index is 1130. The van der Waals surface area contributed by atoms with Crippen molar-refractivity contribution in [3.8, 4) is 11.1 Å². The van der Waals surface area contributed by atoms with Crippen LogP contribution in [0.15, 0.2) is 77.7 Å². The molecule has 0 unspecified atom stereocenters. The standard InChI is InChI=1S/C22H22N2O4S/c1-15-10-11-19(12-18(15)14-21(23)22(25)26)24-29(27,28)20-9-5-8-17(13-20)16-6-3-2-4-7-16/h2-13,21,24H,14,23H2,1H3,(H,25,26)/t21-/m0/s1. The third kappa shape index (κ3) is 5.01. The van der Waals surface area contributed by atoms with Gasteiger partial charge in [-0.05, 0) is 59.9 Å². The van der Waals surface area contributed by atoms with Crippen molar-refractivity contribution >= 4 is 21.7 Å². The number of carbonyl (C=O) groups is 1. The summed E-state index contributed by atoms with van der Waals surface area (Å²) in [6, 6.07) is 20.2. The number of aryl methyl sites for hydroxylation is 1. The molecule has 3 aromatic rings. The Labute approximate surface area is 170 Å². The number of hydrogen-bond donors (Lipinski definition) is 3. The predicted molar refractivity (Wildman–Crippen MR) is 113 cm³/mol. The molecule has 3 rings (SSSR count). The van der Waals surface area contributed by atoms with E-state index in [0.29, 0.717) is 11.3 Å². The fraction of sp³-hybridized carbons (Fsp3) is 0.136. The Morgan fingerprint density at radius 3 is 2.38 bits per heavy atom. The number of nitrogens with one attached hydrogen (secondary N) is 1. The van der Waals surface area contributed by atoms with E-state index in [4.69, 9.17) is 10.8 Å². The van der Waals surface area contributed by atoms with Crippen LogP contribution in [-0.4, -0.2) is 25.5 Å². The summed E-state index contributed by atoms with van der Waals surface area (Å²) in [7, 11) is -3.82. The number of hydrogen-bond acceptors (Lipinski definition) is 4. The molecule has 0 fully saturated rings. The summed E-state index contributed by atoms with van der Waals surface area (Å²) in [6.07, 6.45) is 0.111. The van der Waals surface area contributed by atoms with Crippen LogP contribution >= 0.6 is 0 Å². The lowest BCUT2D eigenvalue weighted by Crippen LogP contribution is -2.32. The summed E-state index contributed by atoms with van der Waals surface area (Å²) in [5.74, 6) is -1.10. The first-order chi connectivity index (χ1) is 13.8. The zero-order valence-electron chi connectivity index (χ0n) is 15.9. The van der Waals surface area contributed by atoms with Gasteiger partial charge in [-0.2, -0.15) is 0 Å². The molecule has 7 heteroatoms. The van der Waals surface area contributed by atoms with Gasteiger partial charge < -0.3 is 10.8 Å². The number of benzene rings is 3. The topological polar surface area (TPSA) is 109 Å². The zero-order chi connectivity index (χ0) is 21.0. The molecule has 0 amide bonds. The molecule has 0 heterocycles. The fourth-order valence-corrected chi connectivity index (χ4v) is 4.06. The molecule has 0 bridgehead atoms. The molecule has 6 nitrogen and oxygen atoms in total. The molecule has 0 saturated heterocycles. The van der Waals surface area contributed by atoms with Gasteiger partial charge in [0.25, 0.3) is 10.0 Å². The van der Waals surface area contributed by atoms with Gasteiger partial charge in [0.1, 0.15) is 6.04 Å². The molecular formula is C22H22N2O4S. The van der Waals surface area contributed by atoms with Crippen molar-refractivity contribution in [1.29, 1.82) is 0 Å². The number of sulfonamides is 1. The maximum Gasteiger partial charge on any atom is 0.320 e. The van der Waals surface area contributed by atoms with Crippen molar-refractivity contribution in [3.63, 3.8) is 0 Å². The lowest BCUT2D eigenvalue weighted by atomic mass is 10.0. The second-order valence-corrected chi connectivity index (χ2v) is 8.47. The number of carboxylic acids is 1. The van der Waals surface area contributed by atoms with Gasteiger partial charge in [-0.3, -0.25) is 9.52 Å². The van der Waals surface area contributed by atoms with Crippen LogP contribution < -0.4 is 10.5 Å². The second-order valence-electron chi connectivity index (χ2n) is 6.79. The molecule has 3 aromatic carbocycles. The van der Waals surface area contributed by atoms with Crippen LogP contribution in [0.4, 0.5) is 5.69 Å². The van der Waals surface area contributed by atoms with E-state index in [-0.39, 0.29) is 11.3 Å². The highest BCUT2D eigenvalue weighted by Gasteiger charge is 2.17. The SMILES string of the molecule is Cc1ccc(NS(=O)(=O)c2cccc(-c3ccccc3)c2)cc1C[C@H](N)C(=O)O. The minimum absolute atomic E-state index is 0.111. The first-order valence-corrected chi connectivity index (χ1v) is 10.5. The van der Waals surface area contributed by atoms with E-state index in [9.17, 15) is 13.2 Å². The van der Waals surface area contributed by atoms with Crippen molar-refractivity contribution in [2.75, 3.05) is 4.72 Å². The van der Waals surface area contributed by atoms with Gasteiger partial charge in [0, 0.05) is 5.69 Å². The third-order valence-corrected chi connectivity index (χ3v) is 5.99. The summed E-state index contributed by atoms with van der Waals surface area (Å²) in [6.45, 7) is 1.82. The van der Waals surface area contributed by atoms with Crippen LogP contribution in [0.2, 0.25) is 0 Å². The molecule has 0 spiro atoms. The minimum atomic E-state index is -3.82. The monoisotopic (exact) mass is 410 g/mol. The van der Waals surface area contributed by atoms with E-state index in [1.54, 1.807) is 30.3 Å². The Hall–Kier alpha value is -3.16. The minimum Gasteiger partial charge on any atom is -0.480 e. The van der Waals surface area contributed by atoms with Gasteiger partial charge in [-0.15, -0.1) is 0 Å². The van der Waals surface area contributed by atoms with Crippen LogP contribution in [0.25, 0.3) is 11.1 Å². The summed E-state index contributed by atoms with van der Waals surface area (Å²) in [5.41, 5.74) is 9.21. The lowest BCUT2D eigenvalue weighted by molar-refractivity contribution is -0.138. The van der Waals surface area contributed by atoms with Crippen molar-refractivity contribution in [1.82, 2.24) is 0 Å². The summed E-state index contributed by atoms with van der Waals surface area (Å²) in [4.78, 5) is 11.2. The van der Waals surface area contributed by atoms with Crippen LogP contribution in [0.5, 0.6) is 0 Å². The van der Waals surface area contributed by atoms with Gasteiger partial charge in [0.2, 0.25) is 0 Å². The van der Waals surface area contributed by atoms with Gasteiger partial charge in [-0.25, -0.2) is 8.42 Å². The van der Waals surface area contributed by atoms with Crippen molar-refractivity contribution in [2.45, 2.75) is 24.3 Å². The molecule has 0 aromatic heterocycles. The molecule has 4 N–H and O–H groups in total. The summed E-state index contributed by atoms with van der Waals surface area (Å²) >= 11 is 0. The smallest absolute Gasteiger partial charge is 0.320 e. The van der Waals surface area contributed by atoms with Crippen molar-refractivity contribution in [2.24, 2.45) is 5.73 Å². The Balaban J connectivity index is 1.87.